The highest BCUT2D eigenvalue weighted by molar-refractivity contribution is 7.98. The number of anilines is 1. The van der Waals surface area contributed by atoms with E-state index in [1.54, 1.807) is 11.8 Å². The van der Waals surface area contributed by atoms with Crippen LogP contribution >= 0.6 is 23.4 Å². The van der Waals surface area contributed by atoms with Crippen LogP contribution in [0.15, 0.2) is 53.7 Å². The Labute approximate surface area is 210 Å². The maximum Gasteiger partial charge on any atom is 0.170 e. The zero-order valence-electron chi connectivity index (χ0n) is 20.1. The van der Waals surface area contributed by atoms with Crippen molar-refractivity contribution in [3.05, 3.63) is 70.8 Å². The summed E-state index contributed by atoms with van der Waals surface area (Å²) in [5.74, 6) is 2.76. The van der Waals surface area contributed by atoms with Crippen molar-refractivity contribution in [2.24, 2.45) is 0 Å². The Bertz CT molecular complexity index is 1310. The van der Waals surface area contributed by atoms with Gasteiger partial charge in [-0.15, -0.1) is 11.8 Å². The Hall–Kier alpha value is -2.57. The van der Waals surface area contributed by atoms with E-state index in [1.807, 2.05) is 25.4 Å². The van der Waals surface area contributed by atoms with E-state index < -0.39 is 0 Å². The molecule has 5 nitrogen and oxygen atoms in total. The predicted molar refractivity (Wildman–Crippen MR) is 143 cm³/mol. The monoisotopic (exact) mass is 491 g/mol. The number of piperidine rings is 1. The Balaban J connectivity index is 1.46. The molecular formula is C27H30ClN5S. The highest BCUT2D eigenvalue weighted by atomic mass is 35.5. The number of aromatic nitrogens is 4. The van der Waals surface area contributed by atoms with Gasteiger partial charge in [0, 0.05) is 23.0 Å². The van der Waals surface area contributed by atoms with Crippen LogP contribution in [-0.4, -0.2) is 38.9 Å². The van der Waals surface area contributed by atoms with Gasteiger partial charge >= 0.3 is 0 Å². The van der Waals surface area contributed by atoms with Crippen molar-refractivity contribution in [3.8, 4) is 5.69 Å². The highest BCUT2D eigenvalue weighted by Crippen LogP contribution is 2.34. The topological polar surface area (TPSA) is 46.8 Å². The molecule has 0 bridgehead atoms. The van der Waals surface area contributed by atoms with Crippen LogP contribution in [0.5, 0.6) is 0 Å². The molecule has 176 valence electrons. The number of rotatable bonds is 5. The van der Waals surface area contributed by atoms with E-state index in [1.165, 1.54) is 16.0 Å². The van der Waals surface area contributed by atoms with E-state index in [2.05, 4.69) is 59.9 Å². The number of nitrogens with zero attached hydrogens (tertiary/aromatic N) is 5. The number of aryl methyl sites for hydroxylation is 1. The fourth-order valence-corrected chi connectivity index (χ4v) is 5.56. The van der Waals surface area contributed by atoms with Crippen LogP contribution in [0.25, 0.3) is 16.9 Å². The summed E-state index contributed by atoms with van der Waals surface area (Å²) in [5.41, 5.74) is 5.56. The summed E-state index contributed by atoms with van der Waals surface area (Å²) < 4.78 is 2.11. The molecule has 4 aromatic rings. The van der Waals surface area contributed by atoms with Crippen molar-refractivity contribution < 1.29 is 0 Å². The van der Waals surface area contributed by atoms with E-state index in [0.717, 1.165) is 59.4 Å². The molecule has 0 atom stereocenters. The molecule has 1 aliphatic heterocycles. The largest absolute Gasteiger partial charge is 0.355 e. The lowest BCUT2D eigenvalue weighted by atomic mass is 9.89. The van der Waals surface area contributed by atoms with E-state index in [9.17, 15) is 0 Å². The van der Waals surface area contributed by atoms with Crippen LogP contribution in [0.1, 0.15) is 55.5 Å². The maximum absolute atomic E-state index is 6.08. The maximum atomic E-state index is 6.08. The molecule has 0 spiro atoms. The lowest BCUT2D eigenvalue weighted by molar-refractivity contribution is 0.503. The zero-order chi connectivity index (χ0) is 23.8. The second-order valence-corrected chi connectivity index (χ2v) is 10.6. The summed E-state index contributed by atoms with van der Waals surface area (Å²) in [7, 11) is 0. The van der Waals surface area contributed by atoms with Crippen molar-refractivity contribution in [1.82, 2.24) is 19.5 Å². The van der Waals surface area contributed by atoms with Gasteiger partial charge in [-0.3, -0.25) is 4.57 Å². The Morgan fingerprint density at radius 3 is 2.44 bits per heavy atom. The number of hydrogen-bond donors (Lipinski definition) is 0. The number of fused-ring (bicyclic) bond motifs is 1. The summed E-state index contributed by atoms with van der Waals surface area (Å²) in [6.45, 7) is 8.32. The van der Waals surface area contributed by atoms with Gasteiger partial charge in [-0.2, -0.15) is 0 Å². The molecule has 3 heterocycles. The van der Waals surface area contributed by atoms with E-state index in [4.69, 9.17) is 26.6 Å². The fraction of sp³-hybridized carbons (Fsp3) is 0.370. The van der Waals surface area contributed by atoms with Crippen molar-refractivity contribution >= 4 is 40.3 Å². The second kappa shape index (κ2) is 9.59. The normalized spacial score (nSPS) is 14.9. The van der Waals surface area contributed by atoms with Crippen molar-refractivity contribution in [3.63, 3.8) is 0 Å². The van der Waals surface area contributed by atoms with Crippen molar-refractivity contribution in [2.45, 2.75) is 50.3 Å². The molecule has 7 heteroatoms. The first kappa shape index (κ1) is 23.2. The lowest BCUT2D eigenvalue weighted by Gasteiger charge is -2.33. The Morgan fingerprint density at radius 2 is 1.76 bits per heavy atom. The smallest absolute Gasteiger partial charge is 0.170 e. The molecule has 1 aliphatic rings. The van der Waals surface area contributed by atoms with Gasteiger partial charge in [0.15, 0.2) is 17.0 Å². The van der Waals surface area contributed by atoms with Gasteiger partial charge in [-0.05, 0) is 73.2 Å². The summed E-state index contributed by atoms with van der Waals surface area (Å²) in [6, 6.07) is 15.0. The molecule has 1 fully saturated rings. The van der Waals surface area contributed by atoms with Crippen LogP contribution in [0, 0.1) is 6.92 Å². The van der Waals surface area contributed by atoms with E-state index in [-0.39, 0.29) is 0 Å². The number of hydrogen-bond acceptors (Lipinski definition) is 5. The molecule has 0 amide bonds. The van der Waals surface area contributed by atoms with Gasteiger partial charge in [0.1, 0.15) is 12.2 Å². The van der Waals surface area contributed by atoms with Gasteiger partial charge in [0.05, 0.1) is 5.69 Å². The fourth-order valence-electron chi connectivity index (χ4n) is 4.80. The minimum absolute atomic E-state index is 0.492. The first-order chi connectivity index (χ1) is 16.4. The molecule has 0 saturated carbocycles. The lowest BCUT2D eigenvalue weighted by Crippen LogP contribution is -2.34. The summed E-state index contributed by atoms with van der Waals surface area (Å²) in [5, 5.41) is 0.791. The highest BCUT2D eigenvalue weighted by Gasteiger charge is 2.25. The number of thioether (sulfide) groups is 1. The van der Waals surface area contributed by atoms with Crippen molar-refractivity contribution in [1.29, 1.82) is 0 Å². The van der Waals surface area contributed by atoms with Crippen molar-refractivity contribution in [2.75, 3.05) is 24.2 Å². The molecule has 0 radical (unpaired) electrons. The molecule has 0 unspecified atom stereocenters. The molecule has 34 heavy (non-hydrogen) atoms. The van der Waals surface area contributed by atoms with Crippen LogP contribution in [0.2, 0.25) is 5.02 Å². The zero-order valence-corrected chi connectivity index (χ0v) is 21.7. The molecule has 2 aromatic carbocycles. The summed E-state index contributed by atoms with van der Waals surface area (Å²) in [6.07, 6.45) is 6.19. The van der Waals surface area contributed by atoms with Gasteiger partial charge in [0.2, 0.25) is 0 Å². The molecule has 1 saturated heterocycles. The third-order valence-electron chi connectivity index (χ3n) is 6.76. The van der Waals surface area contributed by atoms with Gasteiger partial charge in [-0.25, -0.2) is 15.0 Å². The van der Waals surface area contributed by atoms with Gasteiger partial charge < -0.3 is 4.90 Å². The van der Waals surface area contributed by atoms with Crippen LogP contribution in [-0.2, 0) is 0 Å². The standard InChI is InChI=1S/C27H30ClN5S/c1-17(2)21-7-10-23(24(15-21)34-4)33-16-29-25-26(30-18(3)31-27(25)33)32-13-11-20(12-14-32)19-5-8-22(28)9-6-19/h5-10,15-17,20H,11-14H2,1-4H3. The molecule has 0 N–H and O–H groups in total. The molecular weight excluding hydrogens is 462 g/mol. The third kappa shape index (κ3) is 4.41. The number of benzene rings is 2. The third-order valence-corrected chi connectivity index (χ3v) is 7.77. The first-order valence-corrected chi connectivity index (χ1v) is 13.4. The Morgan fingerprint density at radius 1 is 1.03 bits per heavy atom. The SMILES string of the molecule is CSc1cc(C(C)C)ccc1-n1cnc2c(N3CCC(c4ccc(Cl)cc4)CC3)nc(C)nc21. The number of imidazole rings is 1. The van der Waals surface area contributed by atoms with E-state index >= 15 is 0 Å². The predicted octanol–water partition coefficient (Wildman–Crippen LogP) is 7.01. The van der Waals surface area contributed by atoms with Crippen LogP contribution < -0.4 is 4.90 Å². The quantitative estimate of drug-likeness (QED) is 0.281. The molecule has 2 aromatic heterocycles. The van der Waals surface area contributed by atoms with E-state index in [0.29, 0.717) is 11.8 Å². The average molecular weight is 492 g/mol. The number of halogens is 1. The van der Waals surface area contributed by atoms with Crippen LogP contribution in [0.3, 0.4) is 0 Å². The minimum atomic E-state index is 0.492. The average Bonchev–Trinajstić information content (AvgIpc) is 3.27. The van der Waals surface area contributed by atoms with Gasteiger partial charge in [-0.1, -0.05) is 43.6 Å². The second-order valence-electron chi connectivity index (χ2n) is 9.28. The van der Waals surface area contributed by atoms with Crippen LogP contribution in [0.4, 0.5) is 5.82 Å². The summed E-state index contributed by atoms with van der Waals surface area (Å²) >= 11 is 7.84. The minimum Gasteiger partial charge on any atom is -0.355 e. The molecule has 0 aliphatic carbocycles. The summed E-state index contributed by atoms with van der Waals surface area (Å²) in [4.78, 5) is 18.1. The van der Waals surface area contributed by atoms with Gasteiger partial charge in [0.25, 0.3) is 0 Å². The Kier molecular flexibility index (Phi) is 6.54. The molecule has 5 rings (SSSR count). The first-order valence-electron chi connectivity index (χ1n) is 11.8.